The van der Waals surface area contributed by atoms with Gasteiger partial charge >= 0.3 is 5.97 Å². The van der Waals surface area contributed by atoms with E-state index in [-0.39, 0.29) is 5.92 Å². The summed E-state index contributed by atoms with van der Waals surface area (Å²) in [6.45, 7) is 5.95. The molecule has 1 atom stereocenters. The predicted octanol–water partition coefficient (Wildman–Crippen LogP) is 3.87. The van der Waals surface area contributed by atoms with Gasteiger partial charge in [0.2, 0.25) is 5.91 Å². The highest BCUT2D eigenvalue weighted by atomic mass is 35.5. The Morgan fingerprint density at radius 2 is 1.89 bits per heavy atom. The monoisotopic (exact) mass is 423 g/mol. The third-order valence-corrected chi connectivity index (χ3v) is 4.83. The largest absolute Gasteiger partial charge is 0.467 e. The number of nitrogens with one attached hydrogen (secondary N) is 1. The Morgan fingerprint density at radius 1 is 1.25 bits per heavy atom. The number of carbonyl (C=O) groups is 2. The van der Waals surface area contributed by atoms with Crippen molar-refractivity contribution in [2.24, 2.45) is 5.92 Å². The van der Waals surface area contributed by atoms with E-state index in [0.29, 0.717) is 28.0 Å². The zero-order valence-electron chi connectivity index (χ0n) is 16.2. The molecule has 150 valence electrons. The minimum atomic E-state index is -0.716. The molecule has 0 radical (unpaired) electrons. The molecule has 1 heterocycles. The van der Waals surface area contributed by atoms with Crippen molar-refractivity contribution in [1.82, 2.24) is 15.1 Å². The quantitative estimate of drug-likeness (QED) is 0.541. The summed E-state index contributed by atoms with van der Waals surface area (Å²) in [5, 5.41) is 8.16. The number of hydrogen-bond acceptors (Lipinski definition) is 4. The molecule has 0 aliphatic rings. The Morgan fingerprint density at radius 3 is 2.46 bits per heavy atom. The molecule has 0 spiro atoms. The molecule has 0 aliphatic heterocycles. The fraction of sp³-hybridized carbons (Fsp3) is 0.350. The third-order valence-electron chi connectivity index (χ3n) is 4.18. The Hall–Kier alpha value is -2.31. The van der Waals surface area contributed by atoms with E-state index in [1.54, 1.807) is 22.9 Å². The van der Waals surface area contributed by atoms with Crippen LogP contribution in [-0.2, 0) is 20.9 Å². The molecule has 8 heteroatoms. The molecule has 28 heavy (non-hydrogen) atoms. The SMILES string of the molecule is COC(=O)[C@@H](NC(=O)C=Cc1c(C)nn(Cc2ccc(Cl)cc2)c1Cl)C(C)C. The highest BCUT2D eigenvalue weighted by Crippen LogP contribution is 2.22. The van der Waals surface area contributed by atoms with Crippen LogP contribution in [0.1, 0.15) is 30.7 Å². The summed E-state index contributed by atoms with van der Waals surface area (Å²) in [4.78, 5) is 24.0. The van der Waals surface area contributed by atoms with Crippen LogP contribution in [0.15, 0.2) is 30.3 Å². The molecular weight excluding hydrogens is 401 g/mol. The first-order chi connectivity index (χ1) is 13.2. The highest BCUT2D eigenvalue weighted by molar-refractivity contribution is 6.31. The maximum absolute atomic E-state index is 12.2. The number of carbonyl (C=O) groups excluding carboxylic acids is 2. The Balaban J connectivity index is 2.13. The number of benzene rings is 1. The molecule has 0 aliphatic carbocycles. The summed E-state index contributed by atoms with van der Waals surface area (Å²) in [5.41, 5.74) is 2.33. The number of halogens is 2. The Kier molecular flexibility index (Phi) is 7.66. The number of ether oxygens (including phenoxy) is 1. The standard InChI is InChI=1S/C20H23Cl2N3O3/c1-12(2)18(20(27)28-4)23-17(26)10-9-16-13(3)24-25(19(16)22)11-14-5-7-15(21)8-6-14/h5-10,12,18H,11H2,1-4H3,(H,23,26)/t18-/m0/s1. The molecule has 2 rings (SSSR count). The van der Waals surface area contributed by atoms with E-state index in [1.807, 2.05) is 32.9 Å². The molecule has 0 saturated heterocycles. The average Bonchev–Trinajstić information content (AvgIpc) is 2.92. The Labute approximate surface area is 174 Å². The summed E-state index contributed by atoms with van der Waals surface area (Å²) in [7, 11) is 1.29. The number of methoxy groups -OCH3 is 1. The van der Waals surface area contributed by atoms with Gasteiger partial charge in [-0.1, -0.05) is 49.2 Å². The lowest BCUT2D eigenvalue weighted by atomic mass is 10.0. The van der Waals surface area contributed by atoms with Crippen molar-refractivity contribution < 1.29 is 14.3 Å². The second-order valence-corrected chi connectivity index (χ2v) is 7.46. The number of hydrogen-bond donors (Lipinski definition) is 1. The maximum atomic E-state index is 12.2. The van der Waals surface area contributed by atoms with Crippen LogP contribution in [0.25, 0.3) is 6.08 Å². The van der Waals surface area contributed by atoms with Crippen LogP contribution in [-0.4, -0.2) is 34.8 Å². The molecule has 6 nitrogen and oxygen atoms in total. The molecule has 1 N–H and O–H groups in total. The number of amides is 1. The van der Waals surface area contributed by atoms with Gasteiger partial charge in [-0.2, -0.15) is 5.10 Å². The van der Waals surface area contributed by atoms with E-state index in [4.69, 9.17) is 27.9 Å². The molecule has 0 unspecified atom stereocenters. The zero-order valence-corrected chi connectivity index (χ0v) is 17.7. The van der Waals surface area contributed by atoms with Gasteiger partial charge < -0.3 is 10.1 Å². The second kappa shape index (κ2) is 9.75. The summed E-state index contributed by atoms with van der Waals surface area (Å²) in [6.07, 6.45) is 2.92. The number of esters is 1. The molecule has 1 amide bonds. The first-order valence-electron chi connectivity index (χ1n) is 8.76. The van der Waals surface area contributed by atoms with E-state index in [9.17, 15) is 9.59 Å². The van der Waals surface area contributed by atoms with Crippen molar-refractivity contribution in [3.63, 3.8) is 0 Å². The summed E-state index contributed by atoms with van der Waals surface area (Å²) >= 11 is 12.3. The molecule has 0 bridgehead atoms. The average molecular weight is 424 g/mol. The molecule has 1 aromatic carbocycles. The van der Waals surface area contributed by atoms with Crippen LogP contribution in [0.5, 0.6) is 0 Å². The summed E-state index contributed by atoms with van der Waals surface area (Å²) in [6, 6.07) is 6.69. The smallest absolute Gasteiger partial charge is 0.328 e. The first kappa shape index (κ1) is 22.0. The van der Waals surface area contributed by atoms with E-state index < -0.39 is 17.9 Å². The van der Waals surface area contributed by atoms with Crippen molar-refractivity contribution in [2.45, 2.75) is 33.4 Å². The van der Waals surface area contributed by atoms with E-state index in [1.165, 1.54) is 13.2 Å². The van der Waals surface area contributed by atoms with Crippen molar-refractivity contribution in [2.75, 3.05) is 7.11 Å². The normalized spacial score (nSPS) is 12.4. The minimum Gasteiger partial charge on any atom is -0.467 e. The summed E-state index contributed by atoms with van der Waals surface area (Å²) < 4.78 is 6.38. The van der Waals surface area contributed by atoms with Crippen LogP contribution in [0, 0.1) is 12.8 Å². The number of rotatable bonds is 7. The lowest BCUT2D eigenvalue weighted by Gasteiger charge is -2.18. The van der Waals surface area contributed by atoms with Gasteiger partial charge in [-0.3, -0.25) is 4.79 Å². The van der Waals surface area contributed by atoms with Gasteiger partial charge in [0.25, 0.3) is 0 Å². The minimum absolute atomic E-state index is 0.0998. The van der Waals surface area contributed by atoms with Crippen LogP contribution < -0.4 is 5.32 Å². The molecule has 0 fully saturated rings. The molecular formula is C20H23Cl2N3O3. The number of aromatic nitrogens is 2. The number of aryl methyl sites for hydroxylation is 1. The van der Waals surface area contributed by atoms with Gasteiger partial charge in [0.05, 0.1) is 19.3 Å². The van der Waals surface area contributed by atoms with Crippen LogP contribution in [0.4, 0.5) is 0 Å². The summed E-state index contributed by atoms with van der Waals surface area (Å²) in [5.74, 6) is -0.996. The third kappa shape index (κ3) is 5.59. The lowest BCUT2D eigenvalue weighted by molar-refractivity contribution is -0.145. The van der Waals surface area contributed by atoms with Crippen molar-refractivity contribution in [1.29, 1.82) is 0 Å². The van der Waals surface area contributed by atoms with Gasteiger partial charge in [-0.05, 0) is 36.6 Å². The predicted molar refractivity (Wildman–Crippen MR) is 110 cm³/mol. The topological polar surface area (TPSA) is 73.2 Å². The van der Waals surface area contributed by atoms with Gasteiger partial charge in [0, 0.05) is 16.7 Å². The fourth-order valence-corrected chi connectivity index (χ4v) is 3.03. The highest BCUT2D eigenvalue weighted by Gasteiger charge is 2.24. The number of nitrogens with zero attached hydrogens (tertiary/aromatic N) is 2. The molecule has 1 aromatic heterocycles. The van der Waals surface area contributed by atoms with Gasteiger partial charge in [0.15, 0.2) is 0 Å². The van der Waals surface area contributed by atoms with Crippen LogP contribution >= 0.6 is 23.2 Å². The van der Waals surface area contributed by atoms with Gasteiger partial charge in [-0.25, -0.2) is 9.48 Å². The second-order valence-electron chi connectivity index (χ2n) is 6.66. The first-order valence-corrected chi connectivity index (χ1v) is 9.52. The Bertz CT molecular complexity index is 874. The fourth-order valence-electron chi connectivity index (χ4n) is 2.61. The van der Waals surface area contributed by atoms with Gasteiger partial charge in [0.1, 0.15) is 11.2 Å². The van der Waals surface area contributed by atoms with Crippen molar-refractivity contribution >= 4 is 41.2 Å². The van der Waals surface area contributed by atoms with E-state index in [2.05, 4.69) is 10.4 Å². The molecule has 0 saturated carbocycles. The lowest BCUT2D eigenvalue weighted by Crippen LogP contribution is -2.44. The van der Waals surface area contributed by atoms with Crippen molar-refractivity contribution in [3.8, 4) is 0 Å². The maximum Gasteiger partial charge on any atom is 0.328 e. The zero-order chi connectivity index (χ0) is 20.8. The molecule has 2 aromatic rings. The van der Waals surface area contributed by atoms with Crippen LogP contribution in [0.2, 0.25) is 10.2 Å². The van der Waals surface area contributed by atoms with Crippen molar-refractivity contribution in [3.05, 3.63) is 57.3 Å². The van der Waals surface area contributed by atoms with E-state index in [0.717, 1.165) is 5.56 Å². The van der Waals surface area contributed by atoms with Gasteiger partial charge in [-0.15, -0.1) is 0 Å². The van der Waals surface area contributed by atoms with Crippen LogP contribution in [0.3, 0.4) is 0 Å². The van der Waals surface area contributed by atoms with E-state index >= 15 is 0 Å².